The number of fused-ring (bicyclic) bond motifs is 1. The number of hydrogen-bond acceptors (Lipinski definition) is 6. The largest absolute Gasteiger partial charge is 0.493 e. The highest BCUT2D eigenvalue weighted by Crippen LogP contribution is 2.43. The van der Waals surface area contributed by atoms with E-state index in [-0.39, 0.29) is 12.5 Å². The van der Waals surface area contributed by atoms with Crippen LogP contribution in [0.3, 0.4) is 0 Å². The van der Waals surface area contributed by atoms with Gasteiger partial charge in [0.05, 0.1) is 12.7 Å². The van der Waals surface area contributed by atoms with E-state index in [0.717, 1.165) is 5.56 Å². The van der Waals surface area contributed by atoms with Gasteiger partial charge in [-0.3, -0.25) is 4.79 Å². The molecule has 1 aliphatic rings. The van der Waals surface area contributed by atoms with Gasteiger partial charge in [0, 0.05) is 11.5 Å². The molecule has 0 saturated heterocycles. The maximum absolute atomic E-state index is 12.4. The van der Waals surface area contributed by atoms with Gasteiger partial charge in [-0.1, -0.05) is 37.3 Å². The molecular formula is C20H20O6. The van der Waals surface area contributed by atoms with Gasteiger partial charge in [0.2, 0.25) is 0 Å². The molecule has 2 aromatic rings. The molecule has 1 heterocycles. The highest BCUT2D eigenvalue weighted by molar-refractivity contribution is 5.94. The molecule has 1 unspecified atom stereocenters. The third kappa shape index (κ3) is 3.49. The van der Waals surface area contributed by atoms with Crippen LogP contribution in [0.4, 0.5) is 0 Å². The van der Waals surface area contributed by atoms with Crippen LogP contribution in [0, 0.1) is 0 Å². The second-order valence-corrected chi connectivity index (χ2v) is 5.99. The van der Waals surface area contributed by atoms with E-state index in [1.165, 1.54) is 0 Å². The number of benzene rings is 2. The molecule has 2 atom stereocenters. The Kier molecular flexibility index (Phi) is 5.41. The van der Waals surface area contributed by atoms with Crippen LogP contribution in [-0.4, -0.2) is 32.3 Å². The average Bonchev–Trinajstić information content (AvgIpc) is 2.68. The van der Waals surface area contributed by atoms with Crippen LogP contribution in [-0.2, 0) is 20.9 Å². The quantitative estimate of drug-likeness (QED) is 0.561. The first-order valence-electron chi connectivity index (χ1n) is 8.29. The summed E-state index contributed by atoms with van der Waals surface area (Å²) in [4.78, 5) is 22.9. The minimum Gasteiger partial charge on any atom is -0.493 e. The molecule has 2 aromatic carbocycles. The predicted molar refractivity (Wildman–Crippen MR) is 93.4 cm³/mol. The molecule has 0 saturated carbocycles. The van der Waals surface area contributed by atoms with Gasteiger partial charge in [-0.05, 0) is 17.7 Å². The average molecular weight is 356 g/mol. The van der Waals surface area contributed by atoms with Crippen molar-refractivity contribution in [2.24, 2.45) is 0 Å². The van der Waals surface area contributed by atoms with Crippen molar-refractivity contribution in [1.82, 2.24) is 0 Å². The Morgan fingerprint density at radius 1 is 1.15 bits per heavy atom. The summed E-state index contributed by atoms with van der Waals surface area (Å²) >= 11 is 0. The van der Waals surface area contributed by atoms with Gasteiger partial charge in [0.25, 0.3) is 6.47 Å². The van der Waals surface area contributed by atoms with Crippen LogP contribution >= 0.6 is 0 Å². The number of esters is 1. The molecule has 0 N–H and O–H groups in total. The van der Waals surface area contributed by atoms with E-state index in [2.05, 4.69) is 0 Å². The summed E-state index contributed by atoms with van der Waals surface area (Å²) in [6, 6.07) is 13.1. The Balaban J connectivity index is 1.96. The van der Waals surface area contributed by atoms with Crippen molar-refractivity contribution in [2.75, 3.05) is 13.7 Å². The summed E-state index contributed by atoms with van der Waals surface area (Å²) in [5.74, 6) is 0.360. The fraction of sp³-hybridized carbons (Fsp3) is 0.300. The zero-order valence-corrected chi connectivity index (χ0v) is 14.6. The van der Waals surface area contributed by atoms with Crippen LogP contribution in [0.5, 0.6) is 11.5 Å². The smallest absolute Gasteiger partial charge is 0.338 e. The fourth-order valence-electron chi connectivity index (χ4n) is 3.05. The molecule has 0 bridgehead atoms. The standard InChI is InChI=1S/C20H20O6/c1-13-17(11-24-12-21)26-20(22)15-8-9-16(23-2)19(18(13)15)25-10-14-6-4-3-5-7-14/h3-9,12-13,17H,10-11H2,1-2H3/t13?,17-/m1/s1. The lowest BCUT2D eigenvalue weighted by Crippen LogP contribution is -2.34. The number of carbonyl (C=O) groups excluding carboxylic acids is 2. The maximum atomic E-state index is 12.4. The van der Waals surface area contributed by atoms with Gasteiger partial charge < -0.3 is 18.9 Å². The van der Waals surface area contributed by atoms with Crippen LogP contribution in [0.2, 0.25) is 0 Å². The van der Waals surface area contributed by atoms with Crippen molar-refractivity contribution in [2.45, 2.75) is 25.6 Å². The molecule has 6 heteroatoms. The number of cyclic esters (lactones) is 1. The van der Waals surface area contributed by atoms with E-state index in [1.807, 2.05) is 37.3 Å². The lowest BCUT2D eigenvalue weighted by molar-refractivity contribution is -0.132. The number of ether oxygens (including phenoxy) is 4. The Morgan fingerprint density at radius 2 is 1.92 bits per heavy atom. The van der Waals surface area contributed by atoms with E-state index in [9.17, 15) is 9.59 Å². The van der Waals surface area contributed by atoms with Gasteiger partial charge in [-0.15, -0.1) is 0 Å². The predicted octanol–water partition coefficient (Wildman–Crippen LogP) is 3.09. The van der Waals surface area contributed by atoms with E-state index in [4.69, 9.17) is 18.9 Å². The Bertz CT molecular complexity index is 786. The third-order valence-electron chi connectivity index (χ3n) is 4.43. The molecule has 3 rings (SSSR count). The number of rotatable bonds is 7. The van der Waals surface area contributed by atoms with E-state index < -0.39 is 12.1 Å². The van der Waals surface area contributed by atoms with Crippen LogP contribution in [0.15, 0.2) is 42.5 Å². The number of hydrogen-bond donors (Lipinski definition) is 0. The highest BCUT2D eigenvalue weighted by Gasteiger charge is 2.37. The molecule has 0 aliphatic carbocycles. The molecule has 0 fully saturated rings. The number of methoxy groups -OCH3 is 1. The van der Waals surface area contributed by atoms with Crippen LogP contribution in [0.1, 0.15) is 34.3 Å². The van der Waals surface area contributed by atoms with Crippen molar-refractivity contribution in [3.05, 3.63) is 59.2 Å². The maximum Gasteiger partial charge on any atom is 0.338 e. The van der Waals surface area contributed by atoms with Crippen molar-refractivity contribution >= 4 is 12.4 Å². The molecule has 136 valence electrons. The lowest BCUT2D eigenvalue weighted by atomic mass is 9.87. The normalized spacial score (nSPS) is 18.5. The summed E-state index contributed by atoms with van der Waals surface area (Å²) in [7, 11) is 1.55. The topological polar surface area (TPSA) is 71.1 Å². The Labute approximate surface area is 151 Å². The highest BCUT2D eigenvalue weighted by atomic mass is 16.6. The van der Waals surface area contributed by atoms with E-state index in [1.54, 1.807) is 19.2 Å². The van der Waals surface area contributed by atoms with Crippen molar-refractivity contribution in [3.63, 3.8) is 0 Å². The third-order valence-corrected chi connectivity index (χ3v) is 4.43. The molecule has 0 amide bonds. The van der Waals surface area contributed by atoms with E-state index in [0.29, 0.717) is 35.7 Å². The summed E-state index contributed by atoms with van der Waals surface area (Å²) in [6.45, 7) is 2.57. The SMILES string of the molecule is COc1ccc2c(c1OCc1ccccc1)C(C)[C@@H](COC=O)OC2=O. The van der Waals surface area contributed by atoms with Gasteiger partial charge in [-0.25, -0.2) is 4.79 Å². The number of carbonyl (C=O) groups is 2. The first-order valence-corrected chi connectivity index (χ1v) is 8.29. The van der Waals surface area contributed by atoms with Crippen molar-refractivity contribution in [1.29, 1.82) is 0 Å². The van der Waals surface area contributed by atoms with Crippen molar-refractivity contribution in [3.8, 4) is 11.5 Å². The summed E-state index contributed by atoms with van der Waals surface area (Å²) in [6.07, 6.45) is -0.577. The summed E-state index contributed by atoms with van der Waals surface area (Å²) in [5, 5.41) is 0. The molecule has 0 aromatic heterocycles. The van der Waals surface area contributed by atoms with Crippen LogP contribution in [0.25, 0.3) is 0 Å². The minimum atomic E-state index is -0.577. The summed E-state index contributed by atoms with van der Waals surface area (Å²) in [5.41, 5.74) is 2.14. The zero-order valence-electron chi connectivity index (χ0n) is 14.6. The second-order valence-electron chi connectivity index (χ2n) is 5.99. The van der Waals surface area contributed by atoms with Crippen molar-refractivity contribution < 1.29 is 28.5 Å². The zero-order chi connectivity index (χ0) is 18.5. The minimum absolute atomic E-state index is 0.00875. The van der Waals surface area contributed by atoms with Gasteiger partial charge in [0.1, 0.15) is 19.3 Å². The monoisotopic (exact) mass is 356 g/mol. The molecule has 26 heavy (non-hydrogen) atoms. The van der Waals surface area contributed by atoms with Gasteiger partial charge in [0.15, 0.2) is 11.5 Å². The summed E-state index contributed by atoms with van der Waals surface area (Å²) < 4.78 is 21.7. The lowest BCUT2D eigenvalue weighted by Gasteiger charge is -2.32. The molecule has 0 radical (unpaired) electrons. The molecular weight excluding hydrogens is 336 g/mol. The molecule has 6 nitrogen and oxygen atoms in total. The Morgan fingerprint density at radius 3 is 2.62 bits per heavy atom. The molecule has 0 spiro atoms. The Hall–Kier alpha value is -3.02. The first kappa shape index (κ1) is 17.8. The van der Waals surface area contributed by atoms with E-state index >= 15 is 0 Å². The van der Waals surface area contributed by atoms with Gasteiger partial charge in [-0.2, -0.15) is 0 Å². The van der Waals surface area contributed by atoms with Crippen LogP contribution < -0.4 is 9.47 Å². The second kappa shape index (κ2) is 7.91. The first-order chi connectivity index (χ1) is 12.7. The fourth-order valence-corrected chi connectivity index (χ4v) is 3.05. The molecule has 1 aliphatic heterocycles. The van der Waals surface area contributed by atoms with Gasteiger partial charge >= 0.3 is 5.97 Å².